The van der Waals surface area contributed by atoms with E-state index in [0.29, 0.717) is 0 Å². The Hall–Kier alpha value is 0.370. The van der Waals surface area contributed by atoms with Crippen LogP contribution in [0.2, 0.25) is 0 Å². The Morgan fingerprint density at radius 1 is 1.07 bits per heavy atom. The third-order valence-electron chi connectivity index (χ3n) is 1.08. The van der Waals surface area contributed by atoms with E-state index in [1.54, 1.807) is 0 Å². The fourth-order valence-corrected chi connectivity index (χ4v) is 0.447. The second-order valence-electron chi connectivity index (χ2n) is 2.01. The number of aliphatic hydroxyl groups is 1. The molecule has 7 nitrogen and oxygen atoms in total. The Labute approximate surface area is 123 Å². The number of carboxylic acids is 3. The van der Waals surface area contributed by atoms with Crippen molar-refractivity contribution in [2.24, 2.45) is 0 Å². The van der Waals surface area contributed by atoms with Gasteiger partial charge in [-0.05, 0) is 0 Å². The molecule has 2 N–H and O–H groups in total. The maximum Gasteiger partial charge on any atom is 1.00 e. The molecule has 0 spiro atoms. The van der Waals surface area contributed by atoms with E-state index < -0.39 is 29.9 Å². The Bertz CT molecular complexity index is 224. The molecule has 68 valence electrons. The Morgan fingerprint density at radius 2 is 1.36 bits per heavy atom. The topological polar surface area (TPSA) is 138 Å². The van der Waals surface area contributed by atoms with Crippen LogP contribution in [0.5, 0.6) is 0 Å². The molecule has 0 fully saturated rings. The molecule has 9 heteroatoms. The van der Waals surface area contributed by atoms with E-state index in [0.717, 1.165) is 0 Å². The van der Waals surface area contributed by atoms with Gasteiger partial charge in [0.1, 0.15) is 0 Å². The number of rotatable bonds is 4. The van der Waals surface area contributed by atoms with Crippen LogP contribution in [0.25, 0.3) is 0 Å². The first-order valence-corrected chi connectivity index (χ1v) is 2.67. The van der Waals surface area contributed by atoms with E-state index in [9.17, 15) is 24.6 Å². The minimum atomic E-state index is -3.47. The SMILES string of the molecule is O=C(O)CC(O)(C(=O)[O-])C(=O)[O-].[Na+].[Na+]. The molecule has 0 aliphatic heterocycles. The summed E-state index contributed by atoms with van der Waals surface area (Å²) in [5.74, 6) is -6.61. The predicted molar refractivity (Wildman–Crippen MR) is 27.2 cm³/mol. The zero-order valence-corrected chi connectivity index (χ0v) is 11.6. The molecule has 0 aliphatic carbocycles. The molecule has 0 radical (unpaired) electrons. The minimum absolute atomic E-state index is 0. The zero-order valence-electron chi connectivity index (χ0n) is 7.64. The summed E-state index contributed by atoms with van der Waals surface area (Å²) in [7, 11) is 0. The van der Waals surface area contributed by atoms with Gasteiger partial charge in [0.25, 0.3) is 0 Å². The van der Waals surface area contributed by atoms with Crippen molar-refractivity contribution in [1.29, 1.82) is 0 Å². The third kappa shape index (κ3) is 5.30. The number of carbonyl (C=O) groups excluding carboxylic acids is 2. The van der Waals surface area contributed by atoms with Crippen molar-refractivity contribution in [3.8, 4) is 0 Å². The summed E-state index contributed by atoms with van der Waals surface area (Å²) >= 11 is 0. The summed E-state index contributed by atoms with van der Waals surface area (Å²) in [6.07, 6.45) is -1.50. The minimum Gasteiger partial charge on any atom is -0.547 e. The average molecular weight is 222 g/mol. The number of carbonyl (C=O) groups is 3. The van der Waals surface area contributed by atoms with Crippen LogP contribution in [0.15, 0.2) is 0 Å². The molecule has 14 heavy (non-hydrogen) atoms. The molecule has 0 aromatic rings. The van der Waals surface area contributed by atoms with E-state index >= 15 is 0 Å². The van der Waals surface area contributed by atoms with Gasteiger partial charge >= 0.3 is 65.1 Å². The van der Waals surface area contributed by atoms with E-state index in [2.05, 4.69) is 0 Å². The summed E-state index contributed by atoms with van der Waals surface area (Å²) in [5, 5.41) is 36.5. The van der Waals surface area contributed by atoms with Crippen molar-refractivity contribution < 1.29 is 93.9 Å². The number of hydrogen-bond acceptors (Lipinski definition) is 6. The molecule has 0 bridgehead atoms. The summed E-state index contributed by atoms with van der Waals surface area (Å²) in [5.41, 5.74) is -3.47. The standard InChI is InChI=1S/C5H6O7.2Na/c6-2(7)1-5(12,3(8)9)4(10)11;;/h12H,1H2,(H,6,7)(H,8,9)(H,10,11);;/q;2*+1/p-2. The van der Waals surface area contributed by atoms with Crippen molar-refractivity contribution in [1.82, 2.24) is 0 Å². The van der Waals surface area contributed by atoms with Crippen molar-refractivity contribution in [3.63, 3.8) is 0 Å². The number of carboxylic acid groups (broad SMARTS) is 3. The number of hydrogen-bond donors (Lipinski definition) is 2. The maximum atomic E-state index is 9.95. The molecule has 0 saturated heterocycles. The first-order chi connectivity index (χ1) is 5.30. The van der Waals surface area contributed by atoms with Crippen LogP contribution in [0.4, 0.5) is 0 Å². The van der Waals surface area contributed by atoms with Crippen molar-refractivity contribution >= 4 is 17.9 Å². The molecular formula is C5H4Na2O7. The molecule has 0 saturated carbocycles. The van der Waals surface area contributed by atoms with Crippen molar-refractivity contribution in [2.45, 2.75) is 12.0 Å². The quantitative estimate of drug-likeness (QED) is 0.355. The monoisotopic (exact) mass is 222 g/mol. The van der Waals surface area contributed by atoms with Gasteiger partial charge < -0.3 is 30.0 Å². The second kappa shape index (κ2) is 7.63. The smallest absolute Gasteiger partial charge is 0.547 e. The van der Waals surface area contributed by atoms with Crippen LogP contribution in [-0.2, 0) is 14.4 Å². The van der Waals surface area contributed by atoms with Crippen LogP contribution in [0.3, 0.4) is 0 Å². The van der Waals surface area contributed by atoms with E-state index in [1.807, 2.05) is 0 Å². The van der Waals surface area contributed by atoms with Gasteiger partial charge in [0.2, 0.25) is 0 Å². The fourth-order valence-electron chi connectivity index (χ4n) is 0.447. The molecule has 0 aromatic carbocycles. The van der Waals surface area contributed by atoms with E-state index in [-0.39, 0.29) is 59.1 Å². The first-order valence-electron chi connectivity index (χ1n) is 2.67. The Balaban J connectivity index is -0.000000605. The zero-order chi connectivity index (χ0) is 9.94. The normalized spacial score (nSPS) is 9.21. The maximum absolute atomic E-state index is 9.95. The number of aliphatic carboxylic acids is 3. The molecular weight excluding hydrogens is 218 g/mol. The van der Waals surface area contributed by atoms with Crippen LogP contribution in [-0.4, -0.2) is 33.7 Å². The average Bonchev–Trinajstić information content (AvgIpc) is 1.84. The van der Waals surface area contributed by atoms with Gasteiger partial charge in [-0.25, -0.2) is 0 Å². The van der Waals surface area contributed by atoms with Gasteiger partial charge in [0.15, 0.2) is 5.60 Å². The molecule has 0 unspecified atom stereocenters. The van der Waals surface area contributed by atoms with Gasteiger partial charge in [-0.1, -0.05) is 0 Å². The fraction of sp³-hybridized carbons (Fsp3) is 0.400. The van der Waals surface area contributed by atoms with Gasteiger partial charge in [0, 0.05) is 0 Å². The van der Waals surface area contributed by atoms with Gasteiger partial charge in [-0.3, -0.25) is 4.79 Å². The van der Waals surface area contributed by atoms with Gasteiger partial charge in [-0.2, -0.15) is 0 Å². The Kier molecular flexibility index (Phi) is 10.8. The summed E-state index contributed by atoms with van der Waals surface area (Å²) in [6.45, 7) is 0. The third-order valence-corrected chi connectivity index (χ3v) is 1.08. The molecule has 0 heterocycles. The van der Waals surface area contributed by atoms with E-state index in [1.165, 1.54) is 0 Å². The van der Waals surface area contributed by atoms with Gasteiger partial charge in [0.05, 0.1) is 18.4 Å². The van der Waals surface area contributed by atoms with Crippen LogP contribution in [0, 0.1) is 0 Å². The Morgan fingerprint density at radius 3 is 1.43 bits per heavy atom. The van der Waals surface area contributed by atoms with Crippen molar-refractivity contribution in [2.75, 3.05) is 0 Å². The van der Waals surface area contributed by atoms with Crippen LogP contribution < -0.4 is 69.3 Å². The van der Waals surface area contributed by atoms with Crippen LogP contribution in [0.1, 0.15) is 6.42 Å². The predicted octanol–water partition coefficient (Wildman–Crippen LogP) is -10.3. The molecule has 0 atom stereocenters. The molecule has 0 aliphatic rings. The molecule has 0 rings (SSSR count). The summed E-state index contributed by atoms with van der Waals surface area (Å²) < 4.78 is 0. The molecule has 0 amide bonds. The summed E-state index contributed by atoms with van der Waals surface area (Å²) in [6, 6.07) is 0. The largest absolute Gasteiger partial charge is 1.00 e. The second-order valence-corrected chi connectivity index (χ2v) is 2.01. The van der Waals surface area contributed by atoms with E-state index in [4.69, 9.17) is 10.2 Å². The van der Waals surface area contributed by atoms with Crippen molar-refractivity contribution in [3.05, 3.63) is 0 Å². The summed E-state index contributed by atoms with van der Waals surface area (Å²) in [4.78, 5) is 29.8. The van der Waals surface area contributed by atoms with Gasteiger partial charge in [-0.15, -0.1) is 0 Å². The first kappa shape index (κ1) is 19.9. The molecule has 0 aromatic heterocycles. The van der Waals surface area contributed by atoms with Crippen LogP contribution >= 0.6 is 0 Å².